The zero-order valence-electron chi connectivity index (χ0n) is 21.3. The minimum Gasteiger partial charge on any atom is -0.354 e. The smallest absolute Gasteiger partial charge is 0.269 e. The number of hydrogen-bond donors (Lipinski definition) is 1. The number of amides is 3. The molecule has 1 spiro atoms. The first kappa shape index (κ1) is 26.1. The summed E-state index contributed by atoms with van der Waals surface area (Å²) in [6.45, 7) is 5.73. The largest absolute Gasteiger partial charge is 0.354 e. The number of nitrogens with one attached hydrogen (secondary N) is 1. The summed E-state index contributed by atoms with van der Waals surface area (Å²) in [4.78, 5) is 55.3. The van der Waals surface area contributed by atoms with Crippen molar-refractivity contribution >= 4 is 29.1 Å². The van der Waals surface area contributed by atoms with E-state index in [9.17, 15) is 24.5 Å². The average molecular weight is 508 g/mol. The Morgan fingerprint density at radius 3 is 2.32 bits per heavy atom. The third-order valence-electron chi connectivity index (χ3n) is 7.46. The van der Waals surface area contributed by atoms with E-state index in [2.05, 4.69) is 24.1 Å². The van der Waals surface area contributed by atoms with Crippen molar-refractivity contribution in [3.05, 3.63) is 70.3 Å². The number of benzene rings is 2. The molecule has 2 aromatic carbocycles. The molecule has 0 radical (unpaired) electrons. The first-order valence-corrected chi connectivity index (χ1v) is 12.7. The normalized spacial score (nSPS) is 17.7. The lowest BCUT2D eigenvalue weighted by molar-refractivity contribution is -0.384. The van der Waals surface area contributed by atoms with Gasteiger partial charge in [-0.3, -0.25) is 24.5 Å². The number of nitro benzene ring substituents is 1. The Bertz CT molecular complexity index is 1150. The van der Waals surface area contributed by atoms with E-state index in [0.717, 1.165) is 12.1 Å². The topological polar surface area (TPSA) is 116 Å². The van der Waals surface area contributed by atoms with E-state index in [4.69, 9.17) is 0 Å². The summed E-state index contributed by atoms with van der Waals surface area (Å²) < 4.78 is 0. The fourth-order valence-electron chi connectivity index (χ4n) is 4.97. The second-order valence-corrected chi connectivity index (χ2v) is 9.85. The lowest BCUT2D eigenvalue weighted by Crippen LogP contribution is -2.57. The Balaban J connectivity index is 1.49. The summed E-state index contributed by atoms with van der Waals surface area (Å²) in [7, 11) is 0. The molecule has 0 aromatic heterocycles. The molecule has 1 N–H and O–H groups in total. The molecule has 10 nitrogen and oxygen atoms in total. The van der Waals surface area contributed by atoms with Gasteiger partial charge in [-0.25, -0.2) is 0 Å². The highest BCUT2D eigenvalue weighted by molar-refractivity contribution is 5.97. The van der Waals surface area contributed by atoms with Crippen molar-refractivity contribution < 1.29 is 19.3 Å². The van der Waals surface area contributed by atoms with Crippen LogP contribution < -0.4 is 10.2 Å². The van der Waals surface area contributed by atoms with Crippen molar-refractivity contribution in [1.29, 1.82) is 0 Å². The Morgan fingerprint density at radius 2 is 1.73 bits per heavy atom. The molecule has 2 fully saturated rings. The van der Waals surface area contributed by atoms with E-state index in [1.54, 1.807) is 9.80 Å². The number of non-ortho nitro benzene ring substituents is 1. The van der Waals surface area contributed by atoms with Crippen LogP contribution in [0.25, 0.3) is 0 Å². The average Bonchev–Trinajstić information content (AvgIpc) is 3.18. The van der Waals surface area contributed by atoms with E-state index in [-0.39, 0.29) is 30.0 Å². The fourth-order valence-corrected chi connectivity index (χ4v) is 4.97. The lowest BCUT2D eigenvalue weighted by atomic mass is 9.85. The minimum absolute atomic E-state index is 0.00814. The van der Waals surface area contributed by atoms with Crippen molar-refractivity contribution in [3.8, 4) is 0 Å². The van der Waals surface area contributed by atoms with Crippen molar-refractivity contribution in [1.82, 2.24) is 15.1 Å². The monoisotopic (exact) mass is 507 g/mol. The van der Waals surface area contributed by atoms with Gasteiger partial charge in [-0.15, -0.1) is 0 Å². The van der Waals surface area contributed by atoms with Crippen LogP contribution in [0.4, 0.5) is 11.4 Å². The van der Waals surface area contributed by atoms with Gasteiger partial charge in [-0.05, 0) is 43.0 Å². The Labute approximate surface area is 216 Å². The predicted octanol–water partition coefficient (Wildman–Crippen LogP) is 3.04. The highest BCUT2D eigenvalue weighted by atomic mass is 16.6. The molecule has 0 aliphatic carbocycles. The zero-order chi connectivity index (χ0) is 26.6. The van der Waals surface area contributed by atoms with Gasteiger partial charge in [-0.2, -0.15) is 0 Å². The molecule has 196 valence electrons. The number of carbonyl (C=O) groups is 3. The molecule has 37 heavy (non-hydrogen) atoms. The molecular formula is C27H33N5O5. The van der Waals surface area contributed by atoms with Gasteiger partial charge in [0.25, 0.3) is 17.5 Å². The Kier molecular flexibility index (Phi) is 7.75. The highest BCUT2D eigenvalue weighted by Crippen LogP contribution is 2.39. The number of likely N-dealkylation sites (tertiary alicyclic amines) is 1. The zero-order valence-corrected chi connectivity index (χ0v) is 21.3. The molecule has 2 saturated heterocycles. The number of carbonyl (C=O) groups excluding carboxylic acids is 3. The van der Waals surface area contributed by atoms with Gasteiger partial charge in [0.05, 0.1) is 11.6 Å². The molecule has 1 atom stereocenters. The number of piperidine rings is 1. The summed E-state index contributed by atoms with van der Waals surface area (Å²) in [5.41, 5.74) is 0.356. The van der Waals surface area contributed by atoms with Crippen molar-refractivity contribution in [2.45, 2.75) is 38.6 Å². The lowest BCUT2D eigenvalue weighted by Gasteiger charge is -2.43. The van der Waals surface area contributed by atoms with Gasteiger partial charge in [0.1, 0.15) is 12.1 Å². The van der Waals surface area contributed by atoms with Crippen LogP contribution in [-0.2, 0) is 9.59 Å². The first-order chi connectivity index (χ1) is 17.7. The van der Waals surface area contributed by atoms with Crippen LogP contribution in [0.2, 0.25) is 0 Å². The molecular weight excluding hydrogens is 474 g/mol. The summed E-state index contributed by atoms with van der Waals surface area (Å²) >= 11 is 0. The van der Waals surface area contributed by atoms with Gasteiger partial charge in [-0.1, -0.05) is 38.5 Å². The standard InChI is InChI=1S/C27H33N5O5/c1-3-20(2)17-28-24(33)18-30-19-31(22-7-5-4-6-8-22)27(26(30)35)13-15-29(16-14-27)25(34)21-9-11-23(12-10-21)32(36)37/h4-12,20H,3,13-19H2,1-2H3,(H,28,33). The summed E-state index contributed by atoms with van der Waals surface area (Å²) in [6.07, 6.45) is 1.80. The Morgan fingerprint density at radius 1 is 1.08 bits per heavy atom. The molecule has 2 aromatic rings. The molecule has 10 heteroatoms. The van der Waals surface area contributed by atoms with E-state index < -0.39 is 10.5 Å². The van der Waals surface area contributed by atoms with E-state index >= 15 is 0 Å². The quantitative estimate of drug-likeness (QED) is 0.434. The van der Waals surface area contributed by atoms with Crippen molar-refractivity contribution in [2.75, 3.05) is 37.7 Å². The van der Waals surface area contributed by atoms with Gasteiger partial charge >= 0.3 is 0 Å². The van der Waals surface area contributed by atoms with Crippen LogP contribution >= 0.6 is 0 Å². The summed E-state index contributed by atoms with van der Waals surface area (Å²) in [5, 5.41) is 13.9. The SMILES string of the molecule is CCC(C)CNC(=O)CN1CN(c2ccccc2)C2(CCN(C(=O)c3ccc([N+](=O)[O-])cc3)CC2)C1=O. The van der Waals surface area contributed by atoms with Crippen LogP contribution in [0, 0.1) is 16.0 Å². The number of anilines is 1. The molecule has 3 amide bonds. The molecule has 2 heterocycles. The van der Waals surface area contributed by atoms with Crippen LogP contribution in [0.1, 0.15) is 43.5 Å². The van der Waals surface area contributed by atoms with Crippen molar-refractivity contribution in [2.24, 2.45) is 5.92 Å². The van der Waals surface area contributed by atoms with E-state index in [1.807, 2.05) is 30.3 Å². The molecule has 0 bridgehead atoms. The second kappa shape index (κ2) is 11.0. The highest BCUT2D eigenvalue weighted by Gasteiger charge is 2.54. The van der Waals surface area contributed by atoms with E-state index in [0.29, 0.717) is 50.6 Å². The number of rotatable bonds is 8. The van der Waals surface area contributed by atoms with Crippen molar-refractivity contribution in [3.63, 3.8) is 0 Å². The minimum atomic E-state index is -0.843. The maximum atomic E-state index is 13.8. The third kappa shape index (κ3) is 5.42. The summed E-state index contributed by atoms with van der Waals surface area (Å²) in [6, 6.07) is 15.2. The Hall–Kier alpha value is -3.95. The van der Waals surface area contributed by atoms with Gasteiger partial charge in [0.15, 0.2) is 0 Å². The fraction of sp³-hybridized carbons (Fsp3) is 0.444. The molecule has 2 aliphatic heterocycles. The number of hydrogen-bond acceptors (Lipinski definition) is 6. The van der Waals surface area contributed by atoms with Gasteiger partial charge in [0.2, 0.25) is 5.91 Å². The van der Waals surface area contributed by atoms with Crippen LogP contribution in [0.3, 0.4) is 0 Å². The third-order valence-corrected chi connectivity index (χ3v) is 7.46. The maximum absolute atomic E-state index is 13.8. The molecule has 1 unspecified atom stereocenters. The molecule has 0 saturated carbocycles. The van der Waals surface area contributed by atoms with Crippen LogP contribution in [-0.4, -0.2) is 70.8 Å². The van der Waals surface area contributed by atoms with Crippen LogP contribution in [0.5, 0.6) is 0 Å². The molecule has 4 rings (SSSR count). The predicted molar refractivity (Wildman–Crippen MR) is 139 cm³/mol. The number of para-hydroxylation sites is 1. The van der Waals surface area contributed by atoms with Crippen LogP contribution in [0.15, 0.2) is 54.6 Å². The maximum Gasteiger partial charge on any atom is 0.269 e. The summed E-state index contributed by atoms with van der Waals surface area (Å²) in [5.74, 6) is -0.132. The van der Waals surface area contributed by atoms with E-state index in [1.165, 1.54) is 24.3 Å². The number of nitro groups is 1. The molecule has 2 aliphatic rings. The number of nitrogens with zero attached hydrogens (tertiary/aromatic N) is 4. The second-order valence-electron chi connectivity index (χ2n) is 9.85. The first-order valence-electron chi connectivity index (χ1n) is 12.7. The van der Waals surface area contributed by atoms with Gasteiger partial charge in [0, 0.05) is 43.0 Å². The van der Waals surface area contributed by atoms with Gasteiger partial charge < -0.3 is 20.0 Å².